The predicted octanol–water partition coefficient (Wildman–Crippen LogP) is 8.03. The van der Waals surface area contributed by atoms with Gasteiger partial charge in [0.2, 0.25) is 11.7 Å². The molecule has 0 aliphatic carbocycles. The van der Waals surface area contributed by atoms with Gasteiger partial charge in [0.15, 0.2) is 11.5 Å². The Bertz CT molecular complexity index is 1840. The maximum absolute atomic E-state index is 13.2. The predicted molar refractivity (Wildman–Crippen MR) is 166 cm³/mol. The summed E-state index contributed by atoms with van der Waals surface area (Å²) in [7, 11) is 4.52. The highest BCUT2D eigenvalue weighted by Gasteiger charge is 2.33. The zero-order valence-electron chi connectivity index (χ0n) is 23.3. The number of anilines is 5. The summed E-state index contributed by atoms with van der Waals surface area (Å²) in [6, 6.07) is 12.7. The summed E-state index contributed by atoms with van der Waals surface area (Å²) in [5, 5.41) is 9.56. The van der Waals surface area contributed by atoms with Gasteiger partial charge in [-0.2, -0.15) is 18.2 Å². The number of carbonyl (C=O) groups is 1. The fourth-order valence-corrected chi connectivity index (χ4v) is 5.50. The molecule has 2 amide bonds. The van der Waals surface area contributed by atoms with Crippen molar-refractivity contribution in [2.24, 2.45) is 0 Å². The van der Waals surface area contributed by atoms with E-state index in [9.17, 15) is 18.0 Å². The van der Waals surface area contributed by atoms with Gasteiger partial charge in [-0.05, 0) is 35.9 Å². The second kappa shape index (κ2) is 12.3. The lowest BCUT2D eigenvalue weighted by atomic mass is 10.1. The van der Waals surface area contributed by atoms with Crippen LogP contribution in [0.1, 0.15) is 5.56 Å². The van der Waals surface area contributed by atoms with Crippen molar-refractivity contribution in [3.05, 3.63) is 70.6 Å². The normalized spacial score (nSPS) is 11.2. The van der Waals surface area contributed by atoms with E-state index in [1.807, 2.05) is 11.4 Å². The van der Waals surface area contributed by atoms with Gasteiger partial charge >= 0.3 is 12.2 Å². The monoisotopic (exact) mass is 644 g/mol. The van der Waals surface area contributed by atoms with E-state index in [0.717, 1.165) is 17.7 Å². The first-order valence-corrected chi connectivity index (χ1v) is 13.9. The highest BCUT2D eigenvalue weighted by atomic mass is 35.5. The van der Waals surface area contributed by atoms with Crippen LogP contribution in [-0.4, -0.2) is 37.3 Å². The van der Waals surface area contributed by atoms with Gasteiger partial charge in [-0.15, -0.1) is 11.3 Å². The summed E-state index contributed by atoms with van der Waals surface area (Å²) in [6.45, 7) is 0. The summed E-state index contributed by atoms with van der Waals surface area (Å²) in [5.74, 6) is 1.78. The molecule has 10 nitrogen and oxygen atoms in total. The van der Waals surface area contributed by atoms with Gasteiger partial charge in [0.25, 0.3) is 0 Å². The Labute approximate surface area is 257 Å². The van der Waals surface area contributed by atoms with E-state index < -0.39 is 22.8 Å². The topological polar surface area (TPSA) is 133 Å². The number of nitrogens with two attached hydrogens (primary N) is 1. The molecule has 0 aliphatic rings. The number of nitrogens with zero attached hydrogens (tertiary/aromatic N) is 2. The standard InChI is InChI=1S/C29H24ClF3N6O4S/c1-41-21-11-17(12-22(42-2)24(21)43-3)35-27-38-23-18(13-44-25(23)26(34)39-27)14-5-4-6-15(9-14)36-28(40)37-16-7-8-20(30)19(10-16)29(31,32)33/h4-13H,1-3H3,(H2,36,37,40)(H3,34,35,38,39). The number of aromatic nitrogens is 2. The first-order chi connectivity index (χ1) is 21.0. The largest absolute Gasteiger partial charge is 0.493 e. The van der Waals surface area contributed by atoms with E-state index in [-0.39, 0.29) is 17.5 Å². The van der Waals surface area contributed by atoms with Crippen molar-refractivity contribution < 1.29 is 32.2 Å². The van der Waals surface area contributed by atoms with E-state index >= 15 is 0 Å². The van der Waals surface area contributed by atoms with Crippen LogP contribution in [0, 0.1) is 0 Å². The summed E-state index contributed by atoms with van der Waals surface area (Å²) in [4.78, 5) is 21.7. The smallest absolute Gasteiger partial charge is 0.417 e. The molecule has 0 spiro atoms. The number of thiophene rings is 1. The molecule has 0 fully saturated rings. The molecule has 2 aromatic heterocycles. The number of halogens is 4. The van der Waals surface area contributed by atoms with Crippen molar-refractivity contribution in [2.45, 2.75) is 6.18 Å². The summed E-state index contributed by atoms with van der Waals surface area (Å²) >= 11 is 7.02. The number of rotatable bonds is 8. The molecule has 3 aromatic carbocycles. The van der Waals surface area contributed by atoms with Gasteiger partial charge in [0.05, 0.1) is 42.1 Å². The Morgan fingerprint density at radius 2 is 1.59 bits per heavy atom. The highest BCUT2D eigenvalue weighted by molar-refractivity contribution is 7.18. The van der Waals surface area contributed by atoms with Crippen LogP contribution in [0.2, 0.25) is 5.02 Å². The molecule has 5 aromatic rings. The van der Waals surface area contributed by atoms with Crippen LogP contribution in [0.4, 0.5) is 46.8 Å². The molecule has 2 heterocycles. The SMILES string of the molecule is COc1cc(Nc2nc(N)c3scc(-c4cccc(NC(=O)Nc5ccc(Cl)c(C(F)(F)F)c5)c4)c3n2)cc(OC)c1OC. The lowest BCUT2D eigenvalue weighted by Crippen LogP contribution is -2.20. The van der Waals surface area contributed by atoms with Gasteiger partial charge < -0.3 is 35.9 Å². The molecular weight excluding hydrogens is 621 g/mol. The average Bonchev–Trinajstić information content (AvgIpc) is 3.41. The fraction of sp³-hybridized carbons (Fsp3) is 0.138. The molecular formula is C29H24ClF3N6O4S. The van der Waals surface area contributed by atoms with Gasteiger partial charge in [-0.25, -0.2) is 9.78 Å². The highest BCUT2D eigenvalue weighted by Crippen LogP contribution is 2.42. The molecule has 5 rings (SSSR count). The van der Waals surface area contributed by atoms with Crippen LogP contribution in [0.25, 0.3) is 21.3 Å². The number of hydrogen-bond acceptors (Lipinski definition) is 9. The second-order valence-electron chi connectivity index (χ2n) is 9.15. The average molecular weight is 645 g/mol. The van der Waals surface area contributed by atoms with Crippen molar-refractivity contribution >= 4 is 68.0 Å². The number of nitrogens with one attached hydrogen (secondary N) is 3. The van der Waals surface area contributed by atoms with E-state index in [4.69, 9.17) is 36.5 Å². The minimum absolute atomic E-state index is 0.0708. The maximum Gasteiger partial charge on any atom is 0.417 e. The number of fused-ring (bicyclic) bond motifs is 1. The first-order valence-electron chi connectivity index (χ1n) is 12.7. The molecule has 0 saturated heterocycles. The lowest BCUT2D eigenvalue weighted by molar-refractivity contribution is -0.137. The third-order valence-corrected chi connectivity index (χ3v) is 7.64. The summed E-state index contributed by atoms with van der Waals surface area (Å²) in [6.07, 6.45) is -4.67. The number of benzene rings is 3. The maximum atomic E-state index is 13.2. The van der Waals surface area contributed by atoms with E-state index in [1.165, 1.54) is 38.7 Å². The number of hydrogen-bond donors (Lipinski definition) is 4. The van der Waals surface area contributed by atoms with Crippen molar-refractivity contribution in [1.82, 2.24) is 9.97 Å². The number of alkyl halides is 3. The molecule has 0 radical (unpaired) electrons. The molecule has 0 atom stereocenters. The lowest BCUT2D eigenvalue weighted by Gasteiger charge is -2.15. The van der Waals surface area contributed by atoms with Gasteiger partial charge in [0.1, 0.15) is 5.82 Å². The molecule has 0 saturated carbocycles. The Morgan fingerprint density at radius 3 is 2.23 bits per heavy atom. The van der Waals surface area contributed by atoms with Crippen molar-refractivity contribution in [2.75, 3.05) is 43.0 Å². The van der Waals surface area contributed by atoms with Crippen molar-refractivity contribution in [1.29, 1.82) is 0 Å². The van der Waals surface area contributed by atoms with Gasteiger partial charge in [-0.3, -0.25) is 0 Å². The molecule has 0 unspecified atom stereocenters. The van der Waals surface area contributed by atoms with Crippen LogP contribution in [0.5, 0.6) is 17.2 Å². The number of urea groups is 1. The minimum atomic E-state index is -4.67. The Kier molecular flexibility index (Phi) is 8.56. The summed E-state index contributed by atoms with van der Waals surface area (Å²) in [5.41, 5.74) is 8.11. The quantitative estimate of drug-likeness (QED) is 0.133. The van der Waals surface area contributed by atoms with Crippen molar-refractivity contribution in [3.8, 4) is 28.4 Å². The van der Waals surface area contributed by atoms with Crippen LogP contribution in [0.15, 0.2) is 60.0 Å². The number of ether oxygens (including phenoxy) is 3. The minimum Gasteiger partial charge on any atom is -0.493 e. The Hall–Kier alpha value is -4.95. The van der Waals surface area contributed by atoms with Gasteiger partial charge in [-0.1, -0.05) is 23.7 Å². The van der Waals surface area contributed by atoms with Crippen LogP contribution >= 0.6 is 22.9 Å². The Morgan fingerprint density at radius 1 is 0.909 bits per heavy atom. The third-order valence-electron chi connectivity index (χ3n) is 6.32. The van der Waals surface area contributed by atoms with Crippen LogP contribution < -0.4 is 35.9 Å². The second-order valence-corrected chi connectivity index (χ2v) is 10.4. The van der Waals surface area contributed by atoms with E-state index in [2.05, 4.69) is 20.9 Å². The zero-order valence-corrected chi connectivity index (χ0v) is 24.9. The Balaban J connectivity index is 1.40. The summed E-state index contributed by atoms with van der Waals surface area (Å²) < 4.78 is 56.5. The number of methoxy groups -OCH3 is 3. The zero-order chi connectivity index (χ0) is 31.6. The molecule has 5 N–H and O–H groups in total. The first kappa shape index (κ1) is 30.5. The van der Waals surface area contributed by atoms with Crippen LogP contribution in [0.3, 0.4) is 0 Å². The fourth-order valence-electron chi connectivity index (χ4n) is 4.36. The molecule has 0 aliphatic heterocycles. The number of nitrogen functional groups attached to an aromatic ring is 1. The number of carbonyl (C=O) groups excluding carboxylic acids is 1. The van der Waals surface area contributed by atoms with E-state index in [1.54, 1.807) is 30.3 Å². The number of amides is 2. The third kappa shape index (κ3) is 6.35. The molecule has 15 heteroatoms. The van der Waals surface area contributed by atoms with Crippen LogP contribution in [-0.2, 0) is 6.18 Å². The molecule has 0 bridgehead atoms. The van der Waals surface area contributed by atoms with Gasteiger partial charge in [0, 0.05) is 40.1 Å². The van der Waals surface area contributed by atoms with E-state index in [0.29, 0.717) is 44.4 Å². The molecule has 44 heavy (non-hydrogen) atoms. The molecule has 228 valence electrons. The van der Waals surface area contributed by atoms with Crippen molar-refractivity contribution in [3.63, 3.8) is 0 Å².